The summed E-state index contributed by atoms with van der Waals surface area (Å²) < 4.78 is 12.4. The Morgan fingerprint density at radius 2 is 1.77 bits per heavy atom. The van der Waals surface area contributed by atoms with Gasteiger partial charge >= 0.3 is 0 Å². The molecule has 35 heavy (non-hydrogen) atoms. The number of carbonyl (C=O) groups excluding carboxylic acids is 2. The largest absolute Gasteiger partial charge is 0.492 e. The van der Waals surface area contributed by atoms with Gasteiger partial charge in [-0.1, -0.05) is 53.0 Å². The van der Waals surface area contributed by atoms with Gasteiger partial charge in [0.1, 0.15) is 24.7 Å². The fraction of sp³-hybridized carbons (Fsp3) is 0.154. The first kappa shape index (κ1) is 25.9. The van der Waals surface area contributed by atoms with Crippen LogP contribution in [0.5, 0.6) is 11.5 Å². The molecular weight excluding hydrogens is 620 g/mol. The van der Waals surface area contributed by atoms with E-state index < -0.39 is 0 Å². The van der Waals surface area contributed by atoms with Gasteiger partial charge in [-0.15, -0.1) is 0 Å². The minimum Gasteiger partial charge on any atom is -0.492 e. The topological polar surface area (TPSA) is 55.8 Å². The lowest BCUT2D eigenvalue weighted by atomic mass is 10.2. The third-order valence-electron chi connectivity index (χ3n) is 5.13. The van der Waals surface area contributed by atoms with Crippen molar-refractivity contribution in [2.24, 2.45) is 0 Å². The number of amides is 2. The zero-order valence-corrected chi connectivity index (χ0v) is 23.1. The van der Waals surface area contributed by atoms with E-state index in [-0.39, 0.29) is 24.3 Å². The van der Waals surface area contributed by atoms with Crippen LogP contribution in [-0.4, -0.2) is 29.2 Å². The molecular formula is C26H20Cl2INO4S. The van der Waals surface area contributed by atoms with Crippen molar-refractivity contribution in [1.82, 2.24) is 4.90 Å². The Balaban J connectivity index is 1.36. The van der Waals surface area contributed by atoms with E-state index in [9.17, 15) is 9.59 Å². The van der Waals surface area contributed by atoms with Gasteiger partial charge in [0.05, 0.1) is 15.0 Å². The van der Waals surface area contributed by atoms with Gasteiger partial charge < -0.3 is 9.47 Å². The lowest BCUT2D eigenvalue weighted by Crippen LogP contribution is -2.32. The van der Waals surface area contributed by atoms with Crippen LogP contribution in [0.15, 0.2) is 65.6 Å². The number of hydrogen-bond acceptors (Lipinski definition) is 5. The van der Waals surface area contributed by atoms with Gasteiger partial charge in [0.25, 0.3) is 11.1 Å². The first-order valence-electron chi connectivity index (χ1n) is 10.6. The van der Waals surface area contributed by atoms with E-state index in [2.05, 4.69) is 22.6 Å². The molecule has 4 rings (SSSR count). The van der Waals surface area contributed by atoms with Gasteiger partial charge in [-0.05, 0) is 89.3 Å². The second-order valence-corrected chi connectivity index (χ2v) is 10.7. The lowest BCUT2D eigenvalue weighted by molar-refractivity contribution is -0.123. The van der Waals surface area contributed by atoms with Gasteiger partial charge in [0.15, 0.2) is 0 Å². The summed E-state index contributed by atoms with van der Waals surface area (Å²) in [7, 11) is 0. The van der Waals surface area contributed by atoms with Crippen molar-refractivity contribution in [3.8, 4) is 11.5 Å². The number of imide groups is 1. The molecule has 0 N–H and O–H groups in total. The zero-order chi connectivity index (χ0) is 24.9. The maximum Gasteiger partial charge on any atom is 0.293 e. The lowest BCUT2D eigenvalue weighted by Gasteiger charge is -2.13. The molecule has 1 aliphatic heterocycles. The highest BCUT2D eigenvalue weighted by atomic mass is 127. The zero-order valence-electron chi connectivity index (χ0n) is 18.6. The van der Waals surface area contributed by atoms with Crippen LogP contribution >= 0.6 is 57.6 Å². The molecule has 3 aromatic carbocycles. The van der Waals surface area contributed by atoms with Crippen LogP contribution in [0.2, 0.25) is 10.0 Å². The summed E-state index contributed by atoms with van der Waals surface area (Å²) in [5.41, 5.74) is 2.76. The van der Waals surface area contributed by atoms with Crippen molar-refractivity contribution in [3.05, 3.63) is 95.9 Å². The third kappa shape index (κ3) is 6.73. The number of benzene rings is 3. The Bertz CT molecular complexity index is 1300. The molecule has 1 fully saturated rings. The maximum atomic E-state index is 12.8. The third-order valence-corrected chi connectivity index (χ3v) is 7.47. The molecule has 0 saturated carbocycles. The molecule has 3 aromatic rings. The standard InChI is InChI=1S/C26H20Cl2INO4S/c1-16-2-7-20(8-3-16)33-11-10-30-25(31)24(35-26(30)32)13-17-4-9-23(22(29)12-17)34-15-18-5-6-19(27)14-21(18)28/h2-9,12-14H,10-11,15H2,1H3/b24-13-. The van der Waals surface area contributed by atoms with Crippen molar-refractivity contribution in [2.75, 3.05) is 13.2 Å². The average Bonchev–Trinajstić information content (AvgIpc) is 3.08. The van der Waals surface area contributed by atoms with Crippen LogP contribution in [-0.2, 0) is 11.4 Å². The molecule has 0 aliphatic carbocycles. The number of halogens is 3. The number of ether oxygens (including phenoxy) is 2. The fourth-order valence-corrected chi connectivity index (χ4v) is 5.27. The summed E-state index contributed by atoms with van der Waals surface area (Å²) in [6.45, 7) is 2.72. The Morgan fingerprint density at radius 3 is 2.49 bits per heavy atom. The first-order chi connectivity index (χ1) is 16.8. The minimum atomic E-state index is -0.319. The van der Waals surface area contributed by atoms with Crippen molar-refractivity contribution in [3.63, 3.8) is 0 Å². The molecule has 180 valence electrons. The predicted octanol–water partition coefficient (Wildman–Crippen LogP) is 7.60. The molecule has 9 heteroatoms. The van der Waals surface area contributed by atoms with Crippen molar-refractivity contribution in [2.45, 2.75) is 13.5 Å². The Morgan fingerprint density at radius 1 is 1.00 bits per heavy atom. The number of carbonyl (C=O) groups is 2. The molecule has 0 unspecified atom stereocenters. The summed E-state index contributed by atoms with van der Waals surface area (Å²) in [6.07, 6.45) is 1.72. The Kier molecular flexibility index (Phi) is 8.64. The van der Waals surface area contributed by atoms with Gasteiger partial charge in [-0.2, -0.15) is 0 Å². The molecule has 1 aliphatic rings. The Labute approximate surface area is 231 Å². The highest BCUT2D eigenvalue weighted by Gasteiger charge is 2.34. The molecule has 2 amide bonds. The number of hydrogen-bond donors (Lipinski definition) is 0. The fourth-order valence-electron chi connectivity index (χ4n) is 3.25. The smallest absolute Gasteiger partial charge is 0.293 e. The summed E-state index contributed by atoms with van der Waals surface area (Å²) in [5.74, 6) is 1.07. The Hall–Kier alpha value is -2.20. The van der Waals surface area contributed by atoms with E-state index >= 15 is 0 Å². The van der Waals surface area contributed by atoms with E-state index in [0.717, 1.165) is 32.0 Å². The SMILES string of the molecule is Cc1ccc(OCCN2C(=O)S/C(=C\c3ccc(OCc4ccc(Cl)cc4Cl)c(I)c3)C2=O)cc1. The molecule has 0 aromatic heterocycles. The molecule has 1 heterocycles. The number of rotatable bonds is 8. The summed E-state index contributed by atoms with van der Waals surface area (Å²) >= 11 is 15.3. The molecule has 0 radical (unpaired) electrons. The van der Waals surface area contributed by atoms with Gasteiger partial charge in [-0.25, -0.2) is 0 Å². The molecule has 0 bridgehead atoms. The van der Waals surface area contributed by atoms with Crippen molar-refractivity contribution >= 4 is 74.8 Å². The van der Waals surface area contributed by atoms with E-state index in [4.69, 9.17) is 32.7 Å². The predicted molar refractivity (Wildman–Crippen MR) is 149 cm³/mol. The van der Waals surface area contributed by atoms with E-state index in [1.807, 2.05) is 55.5 Å². The molecule has 5 nitrogen and oxygen atoms in total. The maximum absolute atomic E-state index is 12.8. The van der Waals surface area contributed by atoms with E-state index in [0.29, 0.717) is 33.1 Å². The van der Waals surface area contributed by atoms with Crippen molar-refractivity contribution < 1.29 is 19.1 Å². The second kappa shape index (κ2) is 11.7. The van der Waals surface area contributed by atoms with Crippen LogP contribution in [0.4, 0.5) is 4.79 Å². The highest BCUT2D eigenvalue weighted by molar-refractivity contribution is 14.1. The van der Waals surface area contributed by atoms with Gasteiger partial charge in [-0.3, -0.25) is 14.5 Å². The second-order valence-electron chi connectivity index (χ2n) is 7.71. The summed E-state index contributed by atoms with van der Waals surface area (Å²) in [6, 6.07) is 18.5. The highest BCUT2D eigenvalue weighted by Crippen LogP contribution is 2.33. The van der Waals surface area contributed by atoms with Gasteiger partial charge in [0, 0.05) is 15.6 Å². The van der Waals surface area contributed by atoms with Crippen LogP contribution in [0.1, 0.15) is 16.7 Å². The molecule has 0 atom stereocenters. The minimum absolute atomic E-state index is 0.188. The molecule has 0 spiro atoms. The van der Waals surface area contributed by atoms with E-state index in [1.54, 1.807) is 18.2 Å². The summed E-state index contributed by atoms with van der Waals surface area (Å²) in [4.78, 5) is 26.8. The van der Waals surface area contributed by atoms with Crippen LogP contribution < -0.4 is 9.47 Å². The van der Waals surface area contributed by atoms with E-state index in [1.165, 1.54) is 4.90 Å². The average molecular weight is 640 g/mol. The molecule has 1 saturated heterocycles. The summed E-state index contributed by atoms with van der Waals surface area (Å²) in [5, 5.41) is 0.813. The first-order valence-corrected chi connectivity index (χ1v) is 13.3. The number of nitrogens with zero attached hydrogens (tertiary/aromatic N) is 1. The monoisotopic (exact) mass is 639 g/mol. The van der Waals surface area contributed by atoms with Crippen molar-refractivity contribution in [1.29, 1.82) is 0 Å². The van der Waals surface area contributed by atoms with Crippen LogP contribution in [0.25, 0.3) is 6.08 Å². The number of aryl methyl sites for hydroxylation is 1. The van der Waals surface area contributed by atoms with Crippen LogP contribution in [0, 0.1) is 10.5 Å². The van der Waals surface area contributed by atoms with Crippen LogP contribution in [0.3, 0.4) is 0 Å². The quantitative estimate of drug-likeness (QED) is 0.188. The van der Waals surface area contributed by atoms with Gasteiger partial charge in [0.2, 0.25) is 0 Å². The number of thioether (sulfide) groups is 1. The normalized spacial score (nSPS) is 14.6.